The van der Waals surface area contributed by atoms with Gasteiger partial charge in [-0.15, -0.1) is 0 Å². The maximum atomic E-state index is 12.0. The van der Waals surface area contributed by atoms with Crippen LogP contribution < -0.4 is 5.73 Å². The summed E-state index contributed by atoms with van der Waals surface area (Å²) in [6.07, 6.45) is 5.39. The molecule has 1 saturated carbocycles. The van der Waals surface area contributed by atoms with E-state index in [1.165, 1.54) is 7.11 Å². The van der Waals surface area contributed by atoms with Gasteiger partial charge in [-0.05, 0) is 31.1 Å². The smallest absolute Gasteiger partial charge is 0.313 e. The van der Waals surface area contributed by atoms with Crippen molar-refractivity contribution in [3.05, 3.63) is 0 Å². The molecule has 0 heterocycles. The molecule has 0 bridgehead atoms. The second kappa shape index (κ2) is 5.67. The first kappa shape index (κ1) is 13.5. The summed E-state index contributed by atoms with van der Waals surface area (Å²) in [6, 6.07) is 0. The average Bonchev–Trinajstić information content (AvgIpc) is 3.15. The number of carbonyl (C=O) groups excluding carboxylic acids is 1. The van der Waals surface area contributed by atoms with Crippen LogP contribution in [0.3, 0.4) is 0 Å². The Morgan fingerprint density at radius 3 is 2.31 bits per heavy atom. The molecule has 0 aliphatic heterocycles. The van der Waals surface area contributed by atoms with Gasteiger partial charge in [-0.25, -0.2) is 0 Å². The van der Waals surface area contributed by atoms with Crippen LogP contribution in [0.15, 0.2) is 0 Å². The number of methoxy groups -OCH3 is 1. The molecule has 0 aromatic heterocycles. The van der Waals surface area contributed by atoms with E-state index in [9.17, 15) is 4.79 Å². The number of carbonyl (C=O) groups is 1. The zero-order valence-corrected chi connectivity index (χ0v) is 10.8. The SMILES string of the molecule is CCC(CC)CC(CN)(C(=O)OC)C1CC1. The Kier molecular flexibility index (Phi) is 4.78. The molecule has 1 fully saturated rings. The van der Waals surface area contributed by atoms with E-state index < -0.39 is 5.41 Å². The van der Waals surface area contributed by atoms with Crippen LogP contribution in [0.1, 0.15) is 46.0 Å². The molecule has 1 aliphatic rings. The zero-order chi connectivity index (χ0) is 12.2. The van der Waals surface area contributed by atoms with Crippen LogP contribution >= 0.6 is 0 Å². The number of rotatable bonds is 7. The summed E-state index contributed by atoms with van der Waals surface area (Å²) in [4.78, 5) is 12.0. The maximum absolute atomic E-state index is 12.0. The van der Waals surface area contributed by atoms with Crippen molar-refractivity contribution >= 4 is 5.97 Å². The molecule has 0 amide bonds. The first-order valence-corrected chi connectivity index (χ1v) is 6.43. The second-order valence-electron chi connectivity index (χ2n) is 5.01. The van der Waals surface area contributed by atoms with E-state index in [1.807, 2.05) is 0 Å². The summed E-state index contributed by atoms with van der Waals surface area (Å²) >= 11 is 0. The predicted octanol–water partition coefficient (Wildman–Crippen LogP) is 2.34. The van der Waals surface area contributed by atoms with Crippen molar-refractivity contribution in [2.24, 2.45) is 23.0 Å². The number of hydrogen-bond donors (Lipinski definition) is 1. The number of nitrogens with two attached hydrogens (primary N) is 1. The molecule has 3 heteroatoms. The monoisotopic (exact) mass is 227 g/mol. The van der Waals surface area contributed by atoms with Crippen LogP contribution in [0.25, 0.3) is 0 Å². The van der Waals surface area contributed by atoms with Gasteiger partial charge in [0.25, 0.3) is 0 Å². The van der Waals surface area contributed by atoms with Crippen molar-refractivity contribution in [3.63, 3.8) is 0 Å². The lowest BCUT2D eigenvalue weighted by atomic mass is 9.73. The van der Waals surface area contributed by atoms with Gasteiger partial charge >= 0.3 is 5.97 Å². The van der Waals surface area contributed by atoms with Gasteiger partial charge in [-0.2, -0.15) is 0 Å². The summed E-state index contributed by atoms with van der Waals surface area (Å²) in [6.45, 7) is 4.79. The molecular weight excluding hydrogens is 202 g/mol. The molecule has 1 atom stereocenters. The summed E-state index contributed by atoms with van der Waals surface area (Å²) in [5.74, 6) is 0.957. The molecule has 0 aromatic rings. The summed E-state index contributed by atoms with van der Waals surface area (Å²) in [5.41, 5.74) is 5.48. The molecule has 0 spiro atoms. The van der Waals surface area contributed by atoms with E-state index in [1.54, 1.807) is 0 Å². The quantitative estimate of drug-likeness (QED) is 0.679. The Hall–Kier alpha value is -0.570. The Balaban J connectivity index is 2.80. The first-order chi connectivity index (χ1) is 7.64. The minimum Gasteiger partial charge on any atom is -0.469 e. The van der Waals surface area contributed by atoms with Crippen LogP contribution in [0, 0.1) is 17.3 Å². The first-order valence-electron chi connectivity index (χ1n) is 6.43. The van der Waals surface area contributed by atoms with Gasteiger partial charge in [-0.3, -0.25) is 4.79 Å². The Bertz CT molecular complexity index is 234. The predicted molar refractivity (Wildman–Crippen MR) is 64.9 cm³/mol. The molecule has 16 heavy (non-hydrogen) atoms. The molecule has 0 aromatic carbocycles. The van der Waals surface area contributed by atoms with E-state index in [4.69, 9.17) is 10.5 Å². The van der Waals surface area contributed by atoms with Gasteiger partial charge in [0.15, 0.2) is 0 Å². The highest BCUT2D eigenvalue weighted by molar-refractivity contribution is 5.78. The Morgan fingerprint density at radius 2 is 2.00 bits per heavy atom. The minimum absolute atomic E-state index is 0.0931. The lowest BCUT2D eigenvalue weighted by molar-refractivity contribution is -0.155. The van der Waals surface area contributed by atoms with Gasteiger partial charge in [0.05, 0.1) is 12.5 Å². The third kappa shape index (κ3) is 2.57. The Labute approximate surface area is 98.7 Å². The van der Waals surface area contributed by atoms with Crippen LogP contribution in [0.2, 0.25) is 0 Å². The van der Waals surface area contributed by atoms with Crippen molar-refractivity contribution in [1.82, 2.24) is 0 Å². The molecular formula is C13H25NO2. The summed E-state index contributed by atoms with van der Waals surface area (Å²) in [7, 11) is 1.47. The standard InChI is InChI=1S/C13H25NO2/c1-4-10(5-2)8-13(9-14,11-6-7-11)12(15)16-3/h10-11H,4-9,14H2,1-3H3. The van der Waals surface area contributed by atoms with E-state index >= 15 is 0 Å². The normalized spacial score (nSPS) is 19.6. The lowest BCUT2D eigenvalue weighted by Gasteiger charge is -2.33. The molecule has 0 saturated heterocycles. The van der Waals surface area contributed by atoms with E-state index in [-0.39, 0.29) is 5.97 Å². The zero-order valence-electron chi connectivity index (χ0n) is 10.8. The fraction of sp³-hybridized carbons (Fsp3) is 0.923. The van der Waals surface area contributed by atoms with Crippen molar-refractivity contribution < 1.29 is 9.53 Å². The van der Waals surface area contributed by atoms with Crippen molar-refractivity contribution in [2.75, 3.05) is 13.7 Å². The fourth-order valence-corrected chi connectivity index (χ4v) is 2.68. The van der Waals surface area contributed by atoms with Crippen molar-refractivity contribution in [2.45, 2.75) is 46.0 Å². The number of hydrogen-bond acceptors (Lipinski definition) is 3. The van der Waals surface area contributed by atoms with Crippen LogP contribution in [0.5, 0.6) is 0 Å². The van der Waals surface area contributed by atoms with Gasteiger partial charge in [0, 0.05) is 6.54 Å². The average molecular weight is 227 g/mol. The third-order valence-corrected chi connectivity index (χ3v) is 4.12. The topological polar surface area (TPSA) is 52.3 Å². The fourth-order valence-electron chi connectivity index (χ4n) is 2.68. The van der Waals surface area contributed by atoms with E-state index in [0.717, 1.165) is 32.1 Å². The van der Waals surface area contributed by atoms with E-state index in [2.05, 4.69) is 13.8 Å². The van der Waals surface area contributed by atoms with Gasteiger partial charge in [-0.1, -0.05) is 26.7 Å². The third-order valence-electron chi connectivity index (χ3n) is 4.12. The summed E-state index contributed by atoms with van der Waals surface area (Å²) < 4.78 is 4.98. The largest absolute Gasteiger partial charge is 0.469 e. The molecule has 3 nitrogen and oxygen atoms in total. The molecule has 1 unspecified atom stereocenters. The van der Waals surface area contributed by atoms with Gasteiger partial charge in [0.2, 0.25) is 0 Å². The maximum Gasteiger partial charge on any atom is 0.313 e. The van der Waals surface area contributed by atoms with Gasteiger partial charge in [0.1, 0.15) is 0 Å². The highest BCUT2D eigenvalue weighted by atomic mass is 16.5. The molecule has 1 rings (SSSR count). The number of esters is 1. The highest BCUT2D eigenvalue weighted by Gasteiger charge is 2.51. The highest BCUT2D eigenvalue weighted by Crippen LogP contribution is 2.50. The molecule has 94 valence electrons. The molecule has 0 radical (unpaired) electrons. The van der Waals surface area contributed by atoms with Crippen molar-refractivity contribution in [1.29, 1.82) is 0 Å². The van der Waals surface area contributed by atoms with E-state index in [0.29, 0.717) is 18.4 Å². The summed E-state index contributed by atoms with van der Waals surface area (Å²) in [5, 5.41) is 0. The molecule has 2 N–H and O–H groups in total. The van der Waals surface area contributed by atoms with Crippen LogP contribution in [-0.4, -0.2) is 19.6 Å². The second-order valence-corrected chi connectivity index (χ2v) is 5.01. The lowest BCUT2D eigenvalue weighted by Crippen LogP contribution is -2.43. The molecule has 1 aliphatic carbocycles. The Morgan fingerprint density at radius 1 is 1.44 bits per heavy atom. The number of ether oxygens (including phenoxy) is 1. The van der Waals surface area contributed by atoms with Crippen LogP contribution in [0.4, 0.5) is 0 Å². The minimum atomic E-state index is -0.397. The van der Waals surface area contributed by atoms with Crippen molar-refractivity contribution in [3.8, 4) is 0 Å². The van der Waals surface area contributed by atoms with Crippen LogP contribution in [-0.2, 0) is 9.53 Å². The van der Waals surface area contributed by atoms with Gasteiger partial charge < -0.3 is 10.5 Å².